The van der Waals surface area contributed by atoms with E-state index in [2.05, 4.69) is 107 Å². The molecule has 0 saturated heterocycles. The maximum Gasteiger partial charge on any atom is 0.220 e. The predicted molar refractivity (Wildman–Crippen MR) is 217 cm³/mol. The van der Waals surface area contributed by atoms with Crippen LogP contribution in [-0.4, -0.2) is 9.97 Å². The number of fused-ring (bicyclic) bond motifs is 3. The van der Waals surface area contributed by atoms with E-state index in [4.69, 9.17) is 11.5 Å². The van der Waals surface area contributed by atoms with Crippen molar-refractivity contribution in [2.75, 3.05) is 5.73 Å². The first-order chi connectivity index (χ1) is 24.7. The summed E-state index contributed by atoms with van der Waals surface area (Å²) in [6.07, 6.45) is 16.1. The van der Waals surface area contributed by atoms with Crippen LogP contribution in [-0.2, 0) is 0 Å². The van der Waals surface area contributed by atoms with Crippen LogP contribution in [0.2, 0.25) is 0 Å². The molecule has 1 unspecified atom stereocenters. The minimum Gasteiger partial charge on any atom is -0.402 e. The summed E-state index contributed by atoms with van der Waals surface area (Å²) in [5.74, 6) is 0.721. The maximum absolute atomic E-state index is 6.31. The number of benzene rings is 5. The quantitative estimate of drug-likeness (QED) is 0.186. The third-order valence-electron chi connectivity index (χ3n) is 8.23. The van der Waals surface area contributed by atoms with Crippen LogP contribution in [0.5, 0.6) is 0 Å². The molecule has 1 atom stereocenters. The first-order valence-electron chi connectivity index (χ1n) is 17.8. The molecule has 2 aliphatic rings. The van der Waals surface area contributed by atoms with Gasteiger partial charge in [-0.05, 0) is 46.9 Å². The summed E-state index contributed by atoms with van der Waals surface area (Å²) in [5.41, 5.74) is 20.3. The van der Waals surface area contributed by atoms with Gasteiger partial charge in [-0.15, -0.1) is 0 Å². The van der Waals surface area contributed by atoms with Gasteiger partial charge in [-0.25, -0.2) is 9.97 Å². The molecule has 6 aromatic rings. The lowest BCUT2D eigenvalue weighted by atomic mass is 9.83. The SMILES string of the molecule is CC.CC.NC1=C(c2ccccc2C2C=CC(c3ccccc3)=CC2)C=CCC1.Nc1ncc2ccc3ccccc3c2n1.c1ccccc1. The second-order valence-electron chi connectivity index (χ2n) is 11.3. The largest absolute Gasteiger partial charge is 0.402 e. The van der Waals surface area contributed by atoms with Crippen LogP contribution in [0.3, 0.4) is 0 Å². The summed E-state index contributed by atoms with van der Waals surface area (Å²) >= 11 is 0. The molecule has 4 heteroatoms. The van der Waals surface area contributed by atoms with E-state index < -0.39 is 0 Å². The molecule has 5 aromatic carbocycles. The lowest BCUT2D eigenvalue weighted by molar-refractivity contribution is 0.851. The van der Waals surface area contributed by atoms with E-state index in [1.807, 2.05) is 88.4 Å². The maximum atomic E-state index is 6.31. The second-order valence-corrected chi connectivity index (χ2v) is 11.3. The van der Waals surface area contributed by atoms with Crippen LogP contribution in [0.4, 0.5) is 5.95 Å². The van der Waals surface area contributed by atoms with Crippen LogP contribution in [0.15, 0.2) is 170 Å². The summed E-state index contributed by atoms with van der Waals surface area (Å²) < 4.78 is 0. The summed E-state index contributed by atoms with van der Waals surface area (Å²) in [4.78, 5) is 8.25. The molecule has 8 rings (SSSR count). The zero-order chi connectivity index (χ0) is 35.6. The Morgan fingerprint density at radius 3 is 1.94 bits per heavy atom. The van der Waals surface area contributed by atoms with Gasteiger partial charge in [0.2, 0.25) is 5.95 Å². The Morgan fingerprint density at radius 1 is 0.640 bits per heavy atom. The zero-order valence-electron chi connectivity index (χ0n) is 29.8. The fraction of sp³-hybridized carbons (Fsp3) is 0.174. The number of nitrogens with zero attached hydrogens (tertiary/aromatic N) is 2. The van der Waals surface area contributed by atoms with E-state index in [0.717, 1.165) is 41.2 Å². The Labute approximate surface area is 298 Å². The lowest BCUT2D eigenvalue weighted by Crippen LogP contribution is -2.07. The lowest BCUT2D eigenvalue weighted by Gasteiger charge is -2.22. The van der Waals surface area contributed by atoms with Gasteiger partial charge in [0, 0.05) is 34.2 Å². The minimum absolute atomic E-state index is 0.318. The number of rotatable bonds is 3. The van der Waals surface area contributed by atoms with Crippen molar-refractivity contribution in [2.45, 2.75) is 52.9 Å². The molecule has 2 aliphatic carbocycles. The van der Waals surface area contributed by atoms with Gasteiger partial charge < -0.3 is 11.5 Å². The Morgan fingerprint density at radius 2 is 1.26 bits per heavy atom. The van der Waals surface area contributed by atoms with Gasteiger partial charge in [0.15, 0.2) is 0 Å². The molecule has 4 N–H and O–H groups in total. The molecule has 0 aliphatic heterocycles. The molecule has 254 valence electrons. The van der Waals surface area contributed by atoms with Gasteiger partial charge in [0.05, 0.1) is 5.52 Å². The van der Waals surface area contributed by atoms with Crippen molar-refractivity contribution < 1.29 is 0 Å². The van der Waals surface area contributed by atoms with Crippen LogP contribution < -0.4 is 11.5 Å². The normalized spacial score (nSPS) is 14.4. The molecule has 1 heterocycles. The molecule has 50 heavy (non-hydrogen) atoms. The Bertz CT molecular complexity index is 2010. The van der Waals surface area contributed by atoms with Crippen LogP contribution in [0.25, 0.3) is 32.8 Å². The third kappa shape index (κ3) is 9.90. The van der Waals surface area contributed by atoms with Crippen molar-refractivity contribution in [3.05, 3.63) is 186 Å². The topological polar surface area (TPSA) is 77.8 Å². The molecule has 0 fully saturated rings. The van der Waals surface area contributed by atoms with Crippen LogP contribution in [0, 0.1) is 0 Å². The number of allylic oxidation sites excluding steroid dienone is 8. The minimum atomic E-state index is 0.318. The van der Waals surface area contributed by atoms with Crippen LogP contribution >= 0.6 is 0 Å². The summed E-state index contributed by atoms with van der Waals surface area (Å²) in [5, 5.41) is 3.30. The second kappa shape index (κ2) is 19.9. The molecule has 0 saturated carbocycles. The highest BCUT2D eigenvalue weighted by Crippen LogP contribution is 2.36. The molecule has 0 radical (unpaired) electrons. The van der Waals surface area contributed by atoms with E-state index in [9.17, 15) is 0 Å². The van der Waals surface area contributed by atoms with Crippen molar-refractivity contribution in [1.82, 2.24) is 9.97 Å². The van der Waals surface area contributed by atoms with Gasteiger partial charge in [-0.3, -0.25) is 0 Å². The molecular weight excluding hydrogens is 609 g/mol. The number of hydrogen-bond acceptors (Lipinski definition) is 4. The van der Waals surface area contributed by atoms with Gasteiger partial charge >= 0.3 is 0 Å². The fourth-order valence-corrected chi connectivity index (χ4v) is 5.87. The van der Waals surface area contributed by atoms with E-state index >= 15 is 0 Å². The van der Waals surface area contributed by atoms with Gasteiger partial charge in [-0.1, -0.05) is 185 Å². The molecular formula is C46H50N4. The highest BCUT2D eigenvalue weighted by molar-refractivity contribution is 6.05. The van der Waals surface area contributed by atoms with Crippen molar-refractivity contribution in [3.8, 4) is 0 Å². The summed E-state index contributed by atoms with van der Waals surface area (Å²) in [7, 11) is 0. The number of anilines is 1. The average molecular weight is 659 g/mol. The standard InChI is InChI=1S/C24H23N.C12H9N3.C6H6.2C2H6/c25-24-13-7-6-12-23(24)22-11-5-4-10-21(22)20-16-14-19(15-17-20)18-8-2-1-3-9-18;13-12-14-7-9-6-5-8-3-1-2-4-10(8)11(9)15-12;1-2-4-6-5-3-1;2*1-2/h1-6,8-12,14-16,20H,7,13,17,25H2;1-7H,(H2,13,14,15);1-6H;2*1-2H3. The van der Waals surface area contributed by atoms with Crippen molar-refractivity contribution in [2.24, 2.45) is 5.73 Å². The summed E-state index contributed by atoms with van der Waals surface area (Å²) in [6.45, 7) is 8.00. The Balaban J connectivity index is 0.000000189. The molecule has 0 amide bonds. The van der Waals surface area contributed by atoms with E-state index in [0.29, 0.717) is 11.9 Å². The van der Waals surface area contributed by atoms with Gasteiger partial charge in [0.25, 0.3) is 0 Å². The van der Waals surface area contributed by atoms with E-state index in [-0.39, 0.29) is 0 Å². The van der Waals surface area contributed by atoms with Gasteiger partial charge in [0.1, 0.15) is 0 Å². The van der Waals surface area contributed by atoms with Crippen LogP contribution in [0.1, 0.15) is 69.6 Å². The van der Waals surface area contributed by atoms with Crippen molar-refractivity contribution in [1.29, 1.82) is 0 Å². The number of aromatic nitrogens is 2. The number of nitrogen functional groups attached to an aromatic ring is 1. The number of nitrogens with two attached hydrogens (primary N) is 2. The monoisotopic (exact) mass is 658 g/mol. The summed E-state index contributed by atoms with van der Waals surface area (Å²) in [6, 6.07) is 43.5. The zero-order valence-corrected chi connectivity index (χ0v) is 29.8. The molecule has 0 bridgehead atoms. The first kappa shape index (κ1) is 37.1. The fourth-order valence-electron chi connectivity index (χ4n) is 5.87. The molecule has 0 spiro atoms. The Hall–Kier alpha value is -5.74. The van der Waals surface area contributed by atoms with Gasteiger partial charge in [-0.2, -0.15) is 0 Å². The predicted octanol–water partition coefficient (Wildman–Crippen LogP) is 11.9. The molecule has 4 nitrogen and oxygen atoms in total. The third-order valence-corrected chi connectivity index (χ3v) is 8.23. The highest BCUT2D eigenvalue weighted by atomic mass is 15.0. The smallest absolute Gasteiger partial charge is 0.220 e. The number of hydrogen-bond donors (Lipinski definition) is 2. The highest BCUT2D eigenvalue weighted by Gasteiger charge is 2.18. The molecule has 1 aromatic heterocycles. The van der Waals surface area contributed by atoms with Crippen molar-refractivity contribution in [3.63, 3.8) is 0 Å². The average Bonchev–Trinajstić information content (AvgIpc) is 3.21. The van der Waals surface area contributed by atoms with Crippen molar-refractivity contribution >= 4 is 38.8 Å². The first-order valence-corrected chi connectivity index (χ1v) is 17.8. The van der Waals surface area contributed by atoms with E-state index in [1.165, 1.54) is 33.2 Å². The Kier molecular flexibility index (Phi) is 14.8. The van der Waals surface area contributed by atoms with E-state index in [1.54, 1.807) is 6.20 Å².